The molecule has 3 rings (SSSR count). The predicted octanol–water partition coefficient (Wildman–Crippen LogP) is 2.18. The van der Waals surface area contributed by atoms with Gasteiger partial charge in [0.2, 0.25) is 5.91 Å². The Morgan fingerprint density at radius 3 is 2.59 bits per heavy atom. The van der Waals surface area contributed by atoms with E-state index < -0.39 is 0 Å². The number of likely N-dealkylation sites (tertiary alicyclic amines) is 1. The van der Waals surface area contributed by atoms with Crippen molar-refractivity contribution in [3.05, 3.63) is 30.1 Å². The molecule has 6 heteroatoms. The zero-order valence-electron chi connectivity index (χ0n) is 16.7. The minimum absolute atomic E-state index is 0.167. The summed E-state index contributed by atoms with van der Waals surface area (Å²) in [6.45, 7) is 7.25. The van der Waals surface area contributed by atoms with Gasteiger partial charge in [-0.1, -0.05) is 18.9 Å². The first-order valence-electron chi connectivity index (χ1n) is 10.4. The average Bonchev–Trinajstić information content (AvgIpc) is 2.98. The third-order valence-electron chi connectivity index (χ3n) is 5.69. The van der Waals surface area contributed by atoms with Crippen molar-refractivity contribution in [1.82, 2.24) is 19.7 Å². The molecule has 2 fully saturated rings. The molecule has 0 aliphatic carbocycles. The molecule has 1 aromatic heterocycles. The Hall–Kier alpha value is -1.50. The molecule has 0 bridgehead atoms. The van der Waals surface area contributed by atoms with Gasteiger partial charge in [-0.25, -0.2) is 0 Å². The number of carbonyl (C=O) groups excluding carboxylic acids is 1. The van der Waals surface area contributed by atoms with Gasteiger partial charge in [-0.3, -0.25) is 14.7 Å². The molecule has 3 heterocycles. The van der Waals surface area contributed by atoms with Crippen LogP contribution in [0.25, 0.3) is 0 Å². The summed E-state index contributed by atoms with van der Waals surface area (Å²) in [6, 6.07) is 3.66. The highest BCUT2D eigenvalue weighted by Crippen LogP contribution is 2.23. The maximum atomic E-state index is 13.3. The van der Waals surface area contributed by atoms with Gasteiger partial charge >= 0.3 is 0 Å². The Labute approximate surface area is 163 Å². The fourth-order valence-corrected chi connectivity index (χ4v) is 4.09. The number of hydrogen-bond donors (Lipinski definition) is 0. The zero-order chi connectivity index (χ0) is 18.9. The van der Waals surface area contributed by atoms with E-state index >= 15 is 0 Å². The number of pyridine rings is 1. The van der Waals surface area contributed by atoms with Gasteiger partial charge in [0.05, 0.1) is 13.2 Å². The lowest BCUT2D eigenvalue weighted by molar-refractivity contribution is -0.138. The van der Waals surface area contributed by atoms with Gasteiger partial charge in [0.25, 0.3) is 0 Å². The molecule has 27 heavy (non-hydrogen) atoms. The van der Waals surface area contributed by atoms with Crippen LogP contribution in [0.2, 0.25) is 0 Å². The molecular formula is C21H34N4O2. The van der Waals surface area contributed by atoms with Gasteiger partial charge in [0, 0.05) is 39.1 Å². The zero-order valence-corrected chi connectivity index (χ0v) is 16.7. The molecule has 1 amide bonds. The van der Waals surface area contributed by atoms with Crippen LogP contribution in [0.5, 0.6) is 0 Å². The number of morpholine rings is 1. The summed E-state index contributed by atoms with van der Waals surface area (Å²) in [7, 11) is 1.94. The van der Waals surface area contributed by atoms with E-state index in [1.54, 1.807) is 6.20 Å². The lowest BCUT2D eigenvalue weighted by Crippen LogP contribution is -2.46. The minimum Gasteiger partial charge on any atom is -0.379 e. The lowest BCUT2D eigenvalue weighted by atomic mass is 10.1. The number of hydrogen-bond acceptors (Lipinski definition) is 5. The quantitative estimate of drug-likeness (QED) is 0.732. The maximum absolute atomic E-state index is 13.3. The smallest absolute Gasteiger partial charge is 0.244 e. The molecule has 2 aliphatic rings. The van der Waals surface area contributed by atoms with Crippen molar-refractivity contribution in [1.29, 1.82) is 0 Å². The van der Waals surface area contributed by atoms with Crippen molar-refractivity contribution < 1.29 is 9.53 Å². The molecular weight excluding hydrogens is 340 g/mol. The first kappa shape index (κ1) is 20.2. The van der Waals surface area contributed by atoms with E-state index in [4.69, 9.17) is 4.74 Å². The number of ether oxygens (including phenoxy) is 1. The molecule has 0 radical (unpaired) electrons. The molecule has 150 valence electrons. The van der Waals surface area contributed by atoms with Gasteiger partial charge in [0.15, 0.2) is 0 Å². The van der Waals surface area contributed by atoms with Gasteiger partial charge in [-0.15, -0.1) is 0 Å². The molecule has 0 spiro atoms. The molecule has 0 N–H and O–H groups in total. The second-order valence-corrected chi connectivity index (χ2v) is 7.71. The summed E-state index contributed by atoms with van der Waals surface area (Å²) in [5.74, 6) is 0.167. The Bertz CT molecular complexity index is 555. The topological polar surface area (TPSA) is 48.9 Å². The predicted molar refractivity (Wildman–Crippen MR) is 107 cm³/mol. The van der Waals surface area contributed by atoms with Crippen molar-refractivity contribution in [2.75, 3.05) is 59.5 Å². The number of likely N-dealkylation sites (N-methyl/N-ethyl adjacent to an activating group) is 1. The summed E-state index contributed by atoms with van der Waals surface area (Å²) >= 11 is 0. The van der Waals surface area contributed by atoms with Crippen LogP contribution >= 0.6 is 0 Å². The summed E-state index contributed by atoms with van der Waals surface area (Å²) in [5.41, 5.74) is 0.976. The van der Waals surface area contributed by atoms with Crippen molar-refractivity contribution >= 4 is 5.91 Å². The van der Waals surface area contributed by atoms with Crippen LogP contribution < -0.4 is 0 Å². The Morgan fingerprint density at radius 2 is 1.93 bits per heavy atom. The second kappa shape index (κ2) is 10.7. The Kier molecular flexibility index (Phi) is 8.05. The highest BCUT2D eigenvalue weighted by Gasteiger charge is 2.31. The molecule has 2 aliphatic heterocycles. The van der Waals surface area contributed by atoms with E-state index in [1.165, 1.54) is 38.8 Å². The van der Waals surface area contributed by atoms with Crippen LogP contribution in [0.15, 0.2) is 24.5 Å². The summed E-state index contributed by atoms with van der Waals surface area (Å²) in [6.07, 6.45) is 9.97. The number of amides is 1. The molecule has 6 nitrogen and oxygen atoms in total. The van der Waals surface area contributed by atoms with E-state index in [9.17, 15) is 4.79 Å². The van der Waals surface area contributed by atoms with Crippen molar-refractivity contribution in [3.8, 4) is 0 Å². The van der Waals surface area contributed by atoms with E-state index in [0.29, 0.717) is 13.2 Å². The van der Waals surface area contributed by atoms with Crippen molar-refractivity contribution in [2.45, 2.75) is 38.1 Å². The third kappa shape index (κ3) is 5.99. The molecule has 2 saturated heterocycles. The fraction of sp³-hybridized carbons (Fsp3) is 0.714. The summed E-state index contributed by atoms with van der Waals surface area (Å²) < 4.78 is 5.48. The van der Waals surface area contributed by atoms with Crippen molar-refractivity contribution in [2.24, 2.45) is 0 Å². The molecule has 1 unspecified atom stereocenters. The van der Waals surface area contributed by atoms with Crippen molar-refractivity contribution in [3.63, 3.8) is 0 Å². The Morgan fingerprint density at radius 1 is 1.19 bits per heavy atom. The first-order valence-corrected chi connectivity index (χ1v) is 10.4. The maximum Gasteiger partial charge on any atom is 0.244 e. The van der Waals surface area contributed by atoms with Crippen LogP contribution in [0.4, 0.5) is 0 Å². The Balaban J connectivity index is 1.57. The third-order valence-corrected chi connectivity index (χ3v) is 5.69. The fourth-order valence-electron chi connectivity index (χ4n) is 4.09. The van der Waals surface area contributed by atoms with E-state index in [2.05, 4.69) is 14.8 Å². The molecule has 1 atom stereocenters. The van der Waals surface area contributed by atoms with Crippen LogP contribution in [-0.4, -0.2) is 85.1 Å². The number of rotatable bonds is 7. The molecule has 0 saturated carbocycles. The normalized spacial score (nSPS) is 20.8. The largest absolute Gasteiger partial charge is 0.379 e. The summed E-state index contributed by atoms with van der Waals surface area (Å²) in [5, 5.41) is 0. The molecule has 0 aromatic carbocycles. The van der Waals surface area contributed by atoms with Crippen LogP contribution in [0.3, 0.4) is 0 Å². The number of aromatic nitrogens is 1. The summed E-state index contributed by atoms with van der Waals surface area (Å²) in [4.78, 5) is 24.2. The highest BCUT2D eigenvalue weighted by molar-refractivity contribution is 5.83. The van der Waals surface area contributed by atoms with Crippen LogP contribution in [0, 0.1) is 0 Å². The molecule has 1 aromatic rings. The van der Waals surface area contributed by atoms with E-state index in [-0.39, 0.29) is 11.9 Å². The van der Waals surface area contributed by atoms with Crippen LogP contribution in [0.1, 0.15) is 43.7 Å². The van der Waals surface area contributed by atoms with Crippen LogP contribution in [-0.2, 0) is 9.53 Å². The number of carbonyl (C=O) groups is 1. The SMILES string of the molecule is CN(CCCN1CCCCCC1)C(=O)C(c1cccnc1)N1CCOCC1. The number of nitrogens with zero attached hydrogens (tertiary/aromatic N) is 4. The van der Waals surface area contributed by atoms with Gasteiger partial charge in [-0.2, -0.15) is 0 Å². The first-order chi connectivity index (χ1) is 13.3. The van der Waals surface area contributed by atoms with Gasteiger partial charge in [-0.05, 0) is 50.5 Å². The average molecular weight is 375 g/mol. The highest BCUT2D eigenvalue weighted by atomic mass is 16.5. The second-order valence-electron chi connectivity index (χ2n) is 7.71. The van der Waals surface area contributed by atoms with E-state index in [0.717, 1.165) is 38.2 Å². The monoisotopic (exact) mass is 374 g/mol. The minimum atomic E-state index is -0.259. The van der Waals surface area contributed by atoms with Gasteiger partial charge in [0.1, 0.15) is 6.04 Å². The standard InChI is InChI=1S/C21H34N4O2/c1-23(10-7-13-24-11-4-2-3-5-12-24)21(26)20(19-8-6-9-22-18-19)25-14-16-27-17-15-25/h6,8-9,18,20H,2-5,7,10-17H2,1H3. The van der Waals surface area contributed by atoms with Gasteiger partial charge < -0.3 is 14.5 Å². The van der Waals surface area contributed by atoms with E-state index in [1.807, 2.05) is 30.3 Å². The lowest BCUT2D eigenvalue weighted by Gasteiger charge is -2.35.